The summed E-state index contributed by atoms with van der Waals surface area (Å²) in [6, 6.07) is 9.66. The van der Waals surface area contributed by atoms with Gasteiger partial charge in [0.2, 0.25) is 0 Å². The van der Waals surface area contributed by atoms with Crippen LogP contribution in [-0.2, 0) is 9.59 Å². The van der Waals surface area contributed by atoms with E-state index in [1.54, 1.807) is 30.3 Å². The summed E-state index contributed by atoms with van der Waals surface area (Å²) >= 11 is 12.0. The van der Waals surface area contributed by atoms with Gasteiger partial charge < -0.3 is 14.8 Å². The molecule has 0 atom stereocenters. The quantitative estimate of drug-likeness (QED) is 0.434. The fraction of sp³-hybridized carbons (Fsp3) is 0.167. The van der Waals surface area contributed by atoms with E-state index in [0.717, 1.165) is 0 Å². The van der Waals surface area contributed by atoms with Crippen molar-refractivity contribution in [3.05, 3.63) is 52.0 Å². The van der Waals surface area contributed by atoms with Crippen LogP contribution in [0.15, 0.2) is 41.5 Å². The maximum atomic E-state index is 11.8. The van der Waals surface area contributed by atoms with Crippen molar-refractivity contribution in [1.29, 1.82) is 0 Å². The summed E-state index contributed by atoms with van der Waals surface area (Å²) in [7, 11) is 1.48. The zero-order chi connectivity index (χ0) is 19.8. The molecule has 0 saturated heterocycles. The molecule has 2 amide bonds. The fourth-order valence-electron chi connectivity index (χ4n) is 2.07. The Labute approximate surface area is 166 Å². The lowest BCUT2D eigenvalue weighted by molar-refractivity contribution is -0.136. The Kier molecular flexibility index (Phi) is 7.45. The standard InChI is InChI=1S/C18H17Cl2N3O4/c1-3-27-16-14(20)7-11(8-15(16)26-2)10-21-23-18(25)17(24)22-13-6-4-5-12(19)9-13/h4-10H,3H2,1-2H3,(H,22,24)(H,23,25)/b21-10-. The minimum absolute atomic E-state index is 0.336. The van der Waals surface area contributed by atoms with E-state index in [-0.39, 0.29) is 0 Å². The van der Waals surface area contributed by atoms with Crippen LogP contribution in [0.2, 0.25) is 10.0 Å². The van der Waals surface area contributed by atoms with Crippen molar-refractivity contribution in [2.45, 2.75) is 6.92 Å². The SMILES string of the molecule is CCOc1c(Cl)cc(/C=N\NC(=O)C(=O)Nc2cccc(Cl)c2)cc1OC. The van der Waals surface area contributed by atoms with Gasteiger partial charge in [0.15, 0.2) is 11.5 Å². The van der Waals surface area contributed by atoms with Crippen LogP contribution >= 0.6 is 23.2 Å². The summed E-state index contributed by atoms with van der Waals surface area (Å²) in [5, 5.41) is 6.93. The van der Waals surface area contributed by atoms with Crippen LogP contribution in [0, 0.1) is 0 Å². The average molecular weight is 410 g/mol. The Morgan fingerprint density at radius 3 is 2.63 bits per heavy atom. The van der Waals surface area contributed by atoms with Crippen molar-refractivity contribution >= 4 is 46.9 Å². The molecule has 0 spiro atoms. The van der Waals surface area contributed by atoms with Crippen molar-refractivity contribution in [2.75, 3.05) is 19.0 Å². The number of hydrogen-bond acceptors (Lipinski definition) is 5. The molecule has 0 aliphatic rings. The molecule has 2 N–H and O–H groups in total. The van der Waals surface area contributed by atoms with Crippen molar-refractivity contribution in [3.63, 3.8) is 0 Å². The number of carbonyl (C=O) groups excluding carboxylic acids is 2. The molecular formula is C18H17Cl2N3O4. The van der Waals surface area contributed by atoms with Crippen LogP contribution in [0.25, 0.3) is 0 Å². The molecule has 0 aliphatic carbocycles. The Bertz CT molecular complexity index is 872. The monoisotopic (exact) mass is 409 g/mol. The molecule has 2 aromatic rings. The largest absolute Gasteiger partial charge is 0.493 e. The van der Waals surface area contributed by atoms with Crippen molar-refractivity contribution in [3.8, 4) is 11.5 Å². The molecule has 2 rings (SSSR count). The fourth-order valence-corrected chi connectivity index (χ4v) is 2.53. The van der Waals surface area contributed by atoms with Gasteiger partial charge in [-0.1, -0.05) is 29.3 Å². The number of anilines is 1. The van der Waals surface area contributed by atoms with Crippen molar-refractivity contribution in [2.24, 2.45) is 5.10 Å². The van der Waals surface area contributed by atoms with E-state index in [1.165, 1.54) is 19.4 Å². The van der Waals surface area contributed by atoms with Gasteiger partial charge in [0, 0.05) is 10.7 Å². The Balaban J connectivity index is 2.00. The van der Waals surface area contributed by atoms with Crippen LogP contribution in [0.1, 0.15) is 12.5 Å². The van der Waals surface area contributed by atoms with Gasteiger partial charge in [-0.05, 0) is 42.8 Å². The van der Waals surface area contributed by atoms with E-state index < -0.39 is 11.8 Å². The molecule has 0 fully saturated rings. The average Bonchev–Trinajstić information content (AvgIpc) is 2.63. The number of amides is 2. The maximum Gasteiger partial charge on any atom is 0.329 e. The summed E-state index contributed by atoms with van der Waals surface area (Å²) in [5.74, 6) is -0.966. The molecule has 27 heavy (non-hydrogen) atoms. The molecule has 0 radical (unpaired) electrons. The lowest BCUT2D eigenvalue weighted by Crippen LogP contribution is -2.32. The topological polar surface area (TPSA) is 89.0 Å². The first-order valence-corrected chi connectivity index (χ1v) is 8.60. The van der Waals surface area contributed by atoms with Gasteiger partial charge in [0.05, 0.1) is 25.0 Å². The second kappa shape index (κ2) is 9.80. The molecule has 0 saturated carbocycles. The first-order valence-electron chi connectivity index (χ1n) is 7.85. The molecule has 0 unspecified atom stereocenters. The predicted octanol–water partition coefficient (Wildman–Crippen LogP) is 3.49. The number of halogens is 2. The number of rotatable bonds is 6. The van der Waals surface area contributed by atoms with Crippen LogP contribution in [0.3, 0.4) is 0 Å². The van der Waals surface area contributed by atoms with Crippen LogP contribution in [0.4, 0.5) is 5.69 Å². The van der Waals surface area contributed by atoms with E-state index in [2.05, 4.69) is 15.8 Å². The molecule has 7 nitrogen and oxygen atoms in total. The number of hydrazone groups is 1. The Hall–Kier alpha value is -2.77. The van der Waals surface area contributed by atoms with Crippen molar-refractivity contribution < 1.29 is 19.1 Å². The van der Waals surface area contributed by atoms with E-state index in [1.807, 2.05) is 6.92 Å². The highest BCUT2D eigenvalue weighted by Gasteiger charge is 2.14. The zero-order valence-electron chi connectivity index (χ0n) is 14.6. The lowest BCUT2D eigenvalue weighted by atomic mass is 10.2. The zero-order valence-corrected chi connectivity index (χ0v) is 16.1. The highest BCUT2D eigenvalue weighted by molar-refractivity contribution is 6.39. The van der Waals surface area contributed by atoms with E-state index in [9.17, 15) is 9.59 Å². The minimum atomic E-state index is -0.935. The van der Waals surface area contributed by atoms with Gasteiger partial charge in [0.1, 0.15) is 0 Å². The Morgan fingerprint density at radius 1 is 1.19 bits per heavy atom. The number of methoxy groups -OCH3 is 1. The second-order valence-electron chi connectivity index (χ2n) is 5.13. The summed E-state index contributed by atoms with van der Waals surface area (Å²) in [6.07, 6.45) is 1.33. The molecule has 0 aromatic heterocycles. The number of ether oxygens (including phenoxy) is 2. The van der Waals surface area contributed by atoms with E-state index >= 15 is 0 Å². The summed E-state index contributed by atoms with van der Waals surface area (Å²) in [6.45, 7) is 2.26. The summed E-state index contributed by atoms with van der Waals surface area (Å²) in [5.41, 5.74) is 3.08. The third-order valence-corrected chi connectivity index (χ3v) is 3.72. The first-order chi connectivity index (χ1) is 12.9. The number of nitrogens with zero attached hydrogens (tertiary/aromatic N) is 1. The highest BCUT2D eigenvalue weighted by atomic mass is 35.5. The first kappa shape index (κ1) is 20.5. The Morgan fingerprint density at radius 2 is 1.96 bits per heavy atom. The third-order valence-electron chi connectivity index (χ3n) is 3.21. The molecule has 0 aliphatic heterocycles. The van der Waals surface area contributed by atoms with E-state index in [4.69, 9.17) is 32.7 Å². The summed E-state index contributed by atoms with van der Waals surface area (Å²) < 4.78 is 10.6. The lowest BCUT2D eigenvalue weighted by Gasteiger charge is -2.11. The molecule has 0 bridgehead atoms. The normalized spacial score (nSPS) is 10.5. The van der Waals surface area contributed by atoms with Gasteiger partial charge in [-0.25, -0.2) is 5.43 Å². The van der Waals surface area contributed by atoms with Gasteiger partial charge in [-0.2, -0.15) is 5.10 Å². The third kappa shape index (κ3) is 5.87. The second-order valence-corrected chi connectivity index (χ2v) is 5.97. The van der Waals surface area contributed by atoms with Crippen LogP contribution < -0.4 is 20.2 Å². The van der Waals surface area contributed by atoms with E-state index in [0.29, 0.717) is 39.4 Å². The van der Waals surface area contributed by atoms with Crippen LogP contribution in [-0.4, -0.2) is 31.7 Å². The molecule has 142 valence electrons. The number of carbonyl (C=O) groups is 2. The van der Waals surface area contributed by atoms with Gasteiger partial charge >= 0.3 is 11.8 Å². The minimum Gasteiger partial charge on any atom is -0.493 e. The number of benzene rings is 2. The highest BCUT2D eigenvalue weighted by Crippen LogP contribution is 2.35. The predicted molar refractivity (Wildman–Crippen MR) is 105 cm³/mol. The molecule has 2 aromatic carbocycles. The van der Waals surface area contributed by atoms with Crippen LogP contribution in [0.5, 0.6) is 11.5 Å². The smallest absolute Gasteiger partial charge is 0.329 e. The number of nitrogens with one attached hydrogen (secondary N) is 2. The number of hydrogen-bond donors (Lipinski definition) is 2. The van der Waals surface area contributed by atoms with Gasteiger partial charge in [0.25, 0.3) is 0 Å². The van der Waals surface area contributed by atoms with Gasteiger partial charge in [-0.15, -0.1) is 0 Å². The maximum absolute atomic E-state index is 11.8. The molecule has 0 heterocycles. The molecule has 9 heteroatoms. The molecular weight excluding hydrogens is 393 g/mol. The van der Waals surface area contributed by atoms with Gasteiger partial charge in [-0.3, -0.25) is 9.59 Å². The van der Waals surface area contributed by atoms with Crippen molar-refractivity contribution in [1.82, 2.24) is 5.43 Å². The summed E-state index contributed by atoms with van der Waals surface area (Å²) in [4.78, 5) is 23.7.